The number of aliphatic imine (C=N–C) groups is 1. The molecule has 0 spiro atoms. The molecule has 41 heavy (non-hydrogen) atoms. The molecule has 1 N–H and O–H groups in total. The first-order chi connectivity index (χ1) is 19.8. The molecule has 2 aromatic carbocycles. The first-order valence-corrected chi connectivity index (χ1v) is 14.2. The Kier molecular flexibility index (Phi) is 8.48. The van der Waals surface area contributed by atoms with Crippen LogP contribution in [-0.4, -0.2) is 65.5 Å². The Morgan fingerprint density at radius 2 is 1.85 bits per heavy atom. The number of amidine groups is 1. The predicted molar refractivity (Wildman–Crippen MR) is 157 cm³/mol. The second-order valence-corrected chi connectivity index (χ2v) is 10.9. The molecule has 5 rings (SSSR count). The number of carbonyl (C=O) groups excluding carboxylic acids is 3. The second-order valence-electron chi connectivity index (χ2n) is 10.9. The van der Waals surface area contributed by atoms with Gasteiger partial charge in [-0.2, -0.15) is 5.26 Å². The van der Waals surface area contributed by atoms with Crippen LogP contribution in [0.25, 0.3) is 11.0 Å². The largest absolute Gasteiger partial charge is 0.461 e. The van der Waals surface area contributed by atoms with Crippen LogP contribution in [-0.2, 0) is 9.59 Å². The van der Waals surface area contributed by atoms with Gasteiger partial charge in [0.1, 0.15) is 23.2 Å². The van der Waals surface area contributed by atoms with Crippen molar-refractivity contribution in [2.45, 2.75) is 52.0 Å². The van der Waals surface area contributed by atoms with Crippen molar-refractivity contribution < 1.29 is 18.8 Å². The first kappa shape index (κ1) is 28.1. The molecule has 3 aromatic rings. The normalized spacial score (nSPS) is 18.7. The van der Waals surface area contributed by atoms with Gasteiger partial charge < -0.3 is 19.5 Å². The summed E-state index contributed by atoms with van der Waals surface area (Å²) in [6, 6.07) is 15.8. The molecule has 2 amide bonds. The molecule has 0 bridgehead atoms. The first-order valence-electron chi connectivity index (χ1n) is 14.2. The summed E-state index contributed by atoms with van der Waals surface area (Å²) in [6.45, 7) is 5.70. The van der Waals surface area contributed by atoms with E-state index in [0.717, 1.165) is 61.1 Å². The molecule has 3 heterocycles. The summed E-state index contributed by atoms with van der Waals surface area (Å²) in [5, 5.41) is 14.3. The molecule has 2 aliphatic rings. The summed E-state index contributed by atoms with van der Waals surface area (Å²) in [4.78, 5) is 48.4. The van der Waals surface area contributed by atoms with E-state index in [1.807, 2.05) is 43.0 Å². The molecule has 2 atom stereocenters. The van der Waals surface area contributed by atoms with Crippen LogP contribution in [0.1, 0.15) is 53.8 Å². The number of hydrogen-bond acceptors (Lipinski definition) is 6. The summed E-state index contributed by atoms with van der Waals surface area (Å²) in [7, 11) is 0. The Labute approximate surface area is 239 Å². The van der Waals surface area contributed by atoms with Crippen LogP contribution in [0.2, 0.25) is 0 Å². The van der Waals surface area contributed by atoms with Gasteiger partial charge in [-0.3, -0.25) is 19.4 Å². The lowest BCUT2D eigenvalue weighted by Gasteiger charge is -2.25. The Morgan fingerprint density at radius 1 is 1.07 bits per heavy atom. The smallest absolute Gasteiger partial charge is 0.247 e. The van der Waals surface area contributed by atoms with Crippen molar-refractivity contribution in [3.8, 4) is 6.07 Å². The number of hydrogen-bond donors (Lipinski definition) is 1. The molecule has 9 nitrogen and oxygen atoms in total. The van der Waals surface area contributed by atoms with Crippen molar-refractivity contribution >= 4 is 40.1 Å². The number of likely N-dealkylation sites (tertiary alicyclic amines) is 2. The molecular weight excluding hydrogens is 518 g/mol. The highest BCUT2D eigenvalue weighted by Crippen LogP contribution is 2.25. The number of rotatable bonds is 7. The van der Waals surface area contributed by atoms with Crippen molar-refractivity contribution in [1.82, 2.24) is 9.80 Å². The van der Waals surface area contributed by atoms with Crippen molar-refractivity contribution in [3.63, 3.8) is 0 Å². The van der Waals surface area contributed by atoms with Crippen LogP contribution in [0.3, 0.4) is 0 Å². The van der Waals surface area contributed by atoms with Crippen molar-refractivity contribution in [2.24, 2.45) is 10.9 Å². The average molecular weight is 554 g/mol. The van der Waals surface area contributed by atoms with Gasteiger partial charge in [-0.1, -0.05) is 23.8 Å². The van der Waals surface area contributed by atoms with Crippen molar-refractivity contribution in [3.05, 3.63) is 65.4 Å². The Bertz CT molecular complexity index is 1530. The molecule has 0 aliphatic carbocycles. The molecule has 212 valence electrons. The zero-order valence-corrected chi connectivity index (χ0v) is 23.6. The maximum absolute atomic E-state index is 13.7. The van der Waals surface area contributed by atoms with Gasteiger partial charge in [-0.05, 0) is 76.3 Å². The third-order valence-corrected chi connectivity index (χ3v) is 7.71. The van der Waals surface area contributed by atoms with Gasteiger partial charge >= 0.3 is 0 Å². The highest BCUT2D eigenvalue weighted by molar-refractivity contribution is 6.18. The molecule has 2 fully saturated rings. The summed E-state index contributed by atoms with van der Waals surface area (Å²) >= 11 is 0. The van der Waals surface area contributed by atoms with E-state index < -0.39 is 17.7 Å². The average Bonchev–Trinajstić information content (AvgIpc) is 3.59. The van der Waals surface area contributed by atoms with Crippen LogP contribution >= 0.6 is 0 Å². The van der Waals surface area contributed by atoms with E-state index >= 15 is 0 Å². The molecule has 2 aliphatic heterocycles. The van der Waals surface area contributed by atoms with Gasteiger partial charge in [0.2, 0.25) is 11.8 Å². The standard InChI is InChI=1S/C32H35N5O4/c1-21-8-7-9-23(16-21)30(39)26(19-33)31(34-25-11-12-28-24(18-25)17-22(2)41-28)35-27-10-3-4-15-37(32(27)40)20-29(38)36-13-5-6-14-36/h7-9,11-12,16-18,26-27H,3-6,10,13-15,20H2,1-2H3,(H,34,35)/t26?,27-/m0/s1. The number of nitrogens with one attached hydrogen (secondary N) is 1. The SMILES string of the molecule is Cc1cccc(C(=O)C(C#N)C(=N[C@H]2CCCCN(CC(=O)N3CCCC3)C2=O)Nc2ccc3oc(C)cc3c2)c1. The number of amides is 2. The molecule has 9 heteroatoms. The van der Waals surface area contributed by atoms with E-state index in [1.54, 1.807) is 29.2 Å². The van der Waals surface area contributed by atoms with E-state index in [4.69, 9.17) is 9.41 Å². The van der Waals surface area contributed by atoms with Crippen LogP contribution in [0.15, 0.2) is 57.9 Å². The molecule has 0 radical (unpaired) electrons. The van der Waals surface area contributed by atoms with E-state index in [9.17, 15) is 19.6 Å². The molecule has 2 saturated heterocycles. The van der Waals surface area contributed by atoms with Crippen molar-refractivity contribution in [2.75, 3.05) is 31.5 Å². The number of aryl methyl sites for hydroxylation is 2. The number of furan rings is 1. The minimum atomic E-state index is -1.26. The minimum Gasteiger partial charge on any atom is -0.461 e. The molecule has 1 aromatic heterocycles. The highest BCUT2D eigenvalue weighted by Gasteiger charge is 2.33. The van der Waals surface area contributed by atoms with Crippen LogP contribution in [0.4, 0.5) is 5.69 Å². The number of nitrogens with zero attached hydrogens (tertiary/aromatic N) is 4. The number of benzene rings is 2. The third-order valence-electron chi connectivity index (χ3n) is 7.71. The minimum absolute atomic E-state index is 0.0218. The predicted octanol–water partition coefficient (Wildman–Crippen LogP) is 4.89. The van der Waals surface area contributed by atoms with Gasteiger partial charge in [0.15, 0.2) is 11.7 Å². The van der Waals surface area contributed by atoms with Crippen molar-refractivity contribution in [1.29, 1.82) is 5.26 Å². The monoisotopic (exact) mass is 553 g/mol. The van der Waals surface area contributed by atoms with E-state index in [0.29, 0.717) is 24.2 Å². The number of ketones is 1. The number of Topliss-reactive ketones (excluding diaryl/α,β-unsaturated/α-hetero) is 1. The molecule has 1 unspecified atom stereocenters. The van der Waals surface area contributed by atoms with E-state index in [1.165, 1.54) is 0 Å². The Morgan fingerprint density at radius 3 is 2.61 bits per heavy atom. The topological polar surface area (TPSA) is 119 Å². The fraction of sp³-hybridized carbons (Fsp3) is 0.406. The number of fused-ring (bicyclic) bond motifs is 1. The number of carbonyl (C=O) groups is 3. The lowest BCUT2D eigenvalue weighted by atomic mass is 9.96. The zero-order valence-electron chi connectivity index (χ0n) is 23.6. The maximum Gasteiger partial charge on any atom is 0.247 e. The summed E-state index contributed by atoms with van der Waals surface area (Å²) < 4.78 is 5.69. The maximum atomic E-state index is 13.7. The summed E-state index contributed by atoms with van der Waals surface area (Å²) in [5.74, 6) is -1.08. The van der Waals surface area contributed by atoms with Crippen LogP contribution in [0.5, 0.6) is 0 Å². The number of nitriles is 1. The van der Waals surface area contributed by atoms with Gasteiger partial charge in [0, 0.05) is 36.3 Å². The Balaban J connectivity index is 1.47. The fourth-order valence-electron chi connectivity index (χ4n) is 5.55. The number of anilines is 1. The highest BCUT2D eigenvalue weighted by atomic mass is 16.3. The molecule has 0 saturated carbocycles. The lowest BCUT2D eigenvalue weighted by molar-refractivity contribution is -0.140. The molecular formula is C32H35N5O4. The van der Waals surface area contributed by atoms with E-state index in [-0.39, 0.29) is 24.2 Å². The van der Waals surface area contributed by atoms with Crippen LogP contribution in [0, 0.1) is 31.1 Å². The third kappa shape index (κ3) is 6.49. The second kappa shape index (κ2) is 12.4. The van der Waals surface area contributed by atoms with E-state index in [2.05, 4.69) is 11.4 Å². The summed E-state index contributed by atoms with van der Waals surface area (Å²) in [5.41, 5.74) is 2.64. The Hall–Kier alpha value is -4.45. The quantitative estimate of drug-likeness (QED) is 0.253. The summed E-state index contributed by atoms with van der Waals surface area (Å²) in [6.07, 6.45) is 3.93. The zero-order chi connectivity index (χ0) is 28.9. The lowest BCUT2D eigenvalue weighted by Crippen LogP contribution is -2.45. The fourth-order valence-corrected chi connectivity index (χ4v) is 5.55. The van der Waals surface area contributed by atoms with Gasteiger partial charge in [-0.25, -0.2) is 0 Å². The van der Waals surface area contributed by atoms with Gasteiger partial charge in [0.25, 0.3) is 0 Å². The van der Waals surface area contributed by atoms with Crippen LogP contribution < -0.4 is 5.32 Å². The van der Waals surface area contributed by atoms with Gasteiger partial charge in [0.05, 0.1) is 12.6 Å². The van der Waals surface area contributed by atoms with Gasteiger partial charge in [-0.15, -0.1) is 0 Å².